The Labute approximate surface area is 125 Å². The Morgan fingerprint density at radius 1 is 1.41 bits per heavy atom. The lowest BCUT2D eigenvalue weighted by molar-refractivity contribution is -0.118. The van der Waals surface area contributed by atoms with Crippen molar-refractivity contribution in [2.24, 2.45) is 0 Å². The van der Waals surface area contributed by atoms with Gasteiger partial charge in [-0.25, -0.2) is 13.6 Å². The number of carbonyl (C=O) groups excluding carboxylic acids is 2. The van der Waals surface area contributed by atoms with E-state index in [-0.39, 0.29) is 18.0 Å². The predicted octanol–water partition coefficient (Wildman–Crippen LogP) is 2.19. The SMILES string of the molecule is CC(C)(C)OC(=O)NC1COc2cc(F)cc(F)c2NC1=O. The number of nitrogens with one attached hydrogen (secondary N) is 2. The molecule has 1 aromatic carbocycles. The number of benzene rings is 1. The summed E-state index contributed by atoms with van der Waals surface area (Å²) in [6.07, 6.45) is -0.811. The van der Waals surface area contributed by atoms with Crippen molar-refractivity contribution in [3.63, 3.8) is 0 Å². The molecule has 1 aliphatic heterocycles. The number of fused-ring (bicyclic) bond motifs is 1. The van der Waals surface area contributed by atoms with Crippen LogP contribution in [0.1, 0.15) is 20.8 Å². The highest BCUT2D eigenvalue weighted by molar-refractivity contribution is 5.98. The fourth-order valence-corrected chi connectivity index (χ4v) is 1.80. The second-order valence-electron chi connectivity index (χ2n) is 5.76. The van der Waals surface area contributed by atoms with Gasteiger partial charge in [0.2, 0.25) is 0 Å². The van der Waals surface area contributed by atoms with Crippen LogP contribution >= 0.6 is 0 Å². The van der Waals surface area contributed by atoms with Crippen molar-refractivity contribution in [2.75, 3.05) is 11.9 Å². The van der Waals surface area contributed by atoms with Gasteiger partial charge in [-0.15, -0.1) is 0 Å². The van der Waals surface area contributed by atoms with Gasteiger partial charge < -0.3 is 20.1 Å². The Kier molecular flexibility index (Phi) is 4.20. The quantitative estimate of drug-likeness (QED) is 0.833. The number of anilines is 1. The first-order valence-electron chi connectivity index (χ1n) is 6.58. The zero-order valence-corrected chi connectivity index (χ0v) is 12.3. The minimum absolute atomic E-state index is 0.140. The highest BCUT2D eigenvalue weighted by Gasteiger charge is 2.30. The Morgan fingerprint density at radius 3 is 2.73 bits per heavy atom. The maximum atomic E-state index is 13.7. The molecular formula is C14H16F2N2O4. The van der Waals surface area contributed by atoms with Gasteiger partial charge in [0.15, 0.2) is 5.82 Å². The van der Waals surface area contributed by atoms with Crippen LogP contribution in [0.5, 0.6) is 5.75 Å². The van der Waals surface area contributed by atoms with Gasteiger partial charge >= 0.3 is 6.09 Å². The number of amides is 2. The number of hydrogen-bond acceptors (Lipinski definition) is 4. The van der Waals surface area contributed by atoms with E-state index in [1.165, 1.54) is 0 Å². The zero-order chi connectivity index (χ0) is 16.5. The van der Waals surface area contributed by atoms with Crippen LogP contribution in [-0.2, 0) is 9.53 Å². The van der Waals surface area contributed by atoms with E-state index in [0.717, 1.165) is 6.07 Å². The Hall–Kier alpha value is -2.38. The lowest BCUT2D eigenvalue weighted by Gasteiger charge is -2.22. The Bertz CT molecular complexity index is 614. The van der Waals surface area contributed by atoms with Crippen molar-refractivity contribution < 1.29 is 27.8 Å². The van der Waals surface area contributed by atoms with Crippen molar-refractivity contribution >= 4 is 17.7 Å². The smallest absolute Gasteiger partial charge is 0.408 e. The Morgan fingerprint density at radius 2 is 2.09 bits per heavy atom. The van der Waals surface area contributed by atoms with Gasteiger partial charge in [-0.05, 0) is 20.8 Å². The van der Waals surface area contributed by atoms with Crippen LogP contribution < -0.4 is 15.4 Å². The molecule has 0 fully saturated rings. The van der Waals surface area contributed by atoms with Crippen LogP contribution in [0.25, 0.3) is 0 Å². The van der Waals surface area contributed by atoms with Crippen molar-refractivity contribution in [3.05, 3.63) is 23.8 Å². The van der Waals surface area contributed by atoms with Crippen LogP contribution in [0.4, 0.5) is 19.3 Å². The van der Waals surface area contributed by atoms with Crippen LogP contribution in [0.3, 0.4) is 0 Å². The third kappa shape index (κ3) is 3.84. The second kappa shape index (κ2) is 5.78. The van der Waals surface area contributed by atoms with Crippen molar-refractivity contribution in [3.8, 4) is 5.75 Å². The second-order valence-corrected chi connectivity index (χ2v) is 5.76. The molecule has 0 spiro atoms. The molecule has 1 aliphatic rings. The van der Waals surface area contributed by atoms with E-state index in [1.807, 2.05) is 0 Å². The summed E-state index contributed by atoms with van der Waals surface area (Å²) in [6.45, 7) is 4.74. The highest BCUT2D eigenvalue weighted by Crippen LogP contribution is 2.30. The first-order valence-corrected chi connectivity index (χ1v) is 6.58. The first-order chi connectivity index (χ1) is 10.2. The van der Waals surface area contributed by atoms with Gasteiger partial charge in [-0.3, -0.25) is 4.79 Å². The lowest BCUT2D eigenvalue weighted by Crippen LogP contribution is -2.48. The molecule has 22 heavy (non-hydrogen) atoms. The third-order valence-corrected chi connectivity index (χ3v) is 2.68. The van der Waals surface area contributed by atoms with E-state index >= 15 is 0 Å². The van der Waals surface area contributed by atoms with Crippen LogP contribution in [0.15, 0.2) is 12.1 Å². The standard InChI is InChI=1S/C14H16F2N2O4/c1-14(2,3)22-13(20)17-9-6-21-10-5-7(15)4-8(16)11(10)18-12(9)19/h4-5,9H,6H2,1-3H3,(H,17,20)(H,18,19). The average Bonchev–Trinajstić information content (AvgIpc) is 2.49. The normalized spacial score (nSPS) is 17.7. The number of carbonyl (C=O) groups is 2. The monoisotopic (exact) mass is 314 g/mol. The van der Waals surface area contributed by atoms with E-state index < -0.39 is 35.3 Å². The molecule has 1 heterocycles. The summed E-state index contributed by atoms with van der Waals surface area (Å²) < 4.78 is 37.0. The Balaban J connectivity index is 2.12. The number of ether oxygens (including phenoxy) is 2. The molecule has 0 bridgehead atoms. The lowest BCUT2D eigenvalue weighted by atomic mass is 10.2. The van der Waals surface area contributed by atoms with E-state index in [9.17, 15) is 18.4 Å². The molecule has 6 nitrogen and oxygen atoms in total. The summed E-state index contributed by atoms with van der Waals surface area (Å²) in [7, 11) is 0. The van der Waals surface area contributed by atoms with Gasteiger partial charge in [0.05, 0.1) is 0 Å². The number of hydrogen-bond donors (Lipinski definition) is 2. The van der Waals surface area contributed by atoms with E-state index in [0.29, 0.717) is 6.07 Å². The summed E-state index contributed by atoms with van der Waals surface area (Å²) in [6, 6.07) is 0.489. The molecule has 0 saturated heterocycles. The topological polar surface area (TPSA) is 76.7 Å². The number of alkyl carbamates (subject to hydrolysis) is 1. The average molecular weight is 314 g/mol. The van der Waals surface area contributed by atoms with Crippen LogP contribution in [-0.4, -0.2) is 30.3 Å². The molecule has 1 aromatic rings. The molecule has 0 saturated carbocycles. The van der Waals surface area contributed by atoms with Gasteiger partial charge in [0.1, 0.15) is 35.5 Å². The molecular weight excluding hydrogens is 298 g/mol. The summed E-state index contributed by atoms with van der Waals surface area (Å²) in [5.74, 6) is -2.61. The molecule has 1 unspecified atom stereocenters. The van der Waals surface area contributed by atoms with E-state index in [4.69, 9.17) is 9.47 Å². The zero-order valence-electron chi connectivity index (χ0n) is 12.3. The van der Waals surface area contributed by atoms with E-state index in [2.05, 4.69) is 10.6 Å². The molecule has 0 radical (unpaired) electrons. The fourth-order valence-electron chi connectivity index (χ4n) is 1.80. The van der Waals surface area contributed by atoms with Gasteiger partial charge in [0.25, 0.3) is 5.91 Å². The molecule has 2 amide bonds. The van der Waals surface area contributed by atoms with Crippen molar-refractivity contribution in [2.45, 2.75) is 32.4 Å². The van der Waals surface area contributed by atoms with E-state index in [1.54, 1.807) is 20.8 Å². The summed E-state index contributed by atoms with van der Waals surface area (Å²) in [5, 5.41) is 4.58. The molecule has 2 N–H and O–H groups in total. The van der Waals surface area contributed by atoms with Crippen molar-refractivity contribution in [1.29, 1.82) is 0 Å². The fraction of sp³-hybridized carbons (Fsp3) is 0.429. The maximum Gasteiger partial charge on any atom is 0.408 e. The number of rotatable bonds is 1. The summed E-state index contributed by atoms with van der Waals surface area (Å²) in [5.41, 5.74) is -0.996. The molecule has 8 heteroatoms. The predicted molar refractivity (Wildman–Crippen MR) is 73.6 cm³/mol. The largest absolute Gasteiger partial charge is 0.488 e. The molecule has 120 valence electrons. The molecule has 0 aliphatic carbocycles. The highest BCUT2D eigenvalue weighted by atomic mass is 19.1. The molecule has 0 aromatic heterocycles. The minimum Gasteiger partial charge on any atom is -0.488 e. The van der Waals surface area contributed by atoms with Gasteiger partial charge in [-0.2, -0.15) is 0 Å². The summed E-state index contributed by atoms with van der Waals surface area (Å²) >= 11 is 0. The number of halogens is 2. The van der Waals surface area contributed by atoms with Crippen molar-refractivity contribution in [1.82, 2.24) is 5.32 Å². The van der Waals surface area contributed by atoms with Crippen LogP contribution in [0, 0.1) is 11.6 Å². The van der Waals surface area contributed by atoms with Gasteiger partial charge in [0, 0.05) is 12.1 Å². The third-order valence-electron chi connectivity index (χ3n) is 2.68. The van der Waals surface area contributed by atoms with Crippen LogP contribution in [0.2, 0.25) is 0 Å². The first kappa shape index (κ1) is 16.0. The summed E-state index contributed by atoms with van der Waals surface area (Å²) in [4.78, 5) is 23.7. The minimum atomic E-state index is -1.09. The molecule has 1 atom stereocenters. The maximum absolute atomic E-state index is 13.7. The van der Waals surface area contributed by atoms with Gasteiger partial charge in [-0.1, -0.05) is 0 Å². The molecule has 2 rings (SSSR count).